The summed E-state index contributed by atoms with van der Waals surface area (Å²) in [5.74, 6) is 0.121. The Kier molecular flexibility index (Phi) is 5.40. The van der Waals surface area contributed by atoms with Crippen molar-refractivity contribution < 1.29 is 4.79 Å². The van der Waals surface area contributed by atoms with Gasteiger partial charge in [0.2, 0.25) is 0 Å². The Balaban J connectivity index is 1.78. The van der Waals surface area contributed by atoms with Crippen LogP contribution in [0.1, 0.15) is 43.0 Å². The van der Waals surface area contributed by atoms with E-state index in [1.165, 1.54) is 38.8 Å². The number of ketones is 1. The largest absolute Gasteiger partial charge is 0.384 e. The topological polar surface area (TPSA) is 32.3 Å². The number of Topliss-reactive ketones (excluding diaryl/α,β-unsaturated/α-hetero) is 1. The van der Waals surface area contributed by atoms with Crippen molar-refractivity contribution >= 4 is 11.5 Å². The Labute approximate surface area is 116 Å². The number of carbonyl (C=O) groups excluding carboxylic acids is 1. The smallest absolute Gasteiger partial charge is 0.159 e. The second-order valence-electron chi connectivity index (χ2n) is 5.32. The summed E-state index contributed by atoms with van der Waals surface area (Å²) in [5.41, 5.74) is 1.82. The fraction of sp³-hybridized carbons (Fsp3) is 0.562. The van der Waals surface area contributed by atoms with Gasteiger partial charge in [-0.05, 0) is 45.0 Å². The molecule has 19 heavy (non-hydrogen) atoms. The summed E-state index contributed by atoms with van der Waals surface area (Å²) in [4.78, 5) is 13.9. The molecule has 0 saturated carbocycles. The van der Waals surface area contributed by atoms with Crippen LogP contribution in [0.2, 0.25) is 0 Å². The summed E-state index contributed by atoms with van der Waals surface area (Å²) in [6.45, 7) is 6.10. The molecule has 1 aromatic carbocycles. The molecule has 1 saturated heterocycles. The number of nitrogens with one attached hydrogen (secondary N) is 1. The van der Waals surface area contributed by atoms with Gasteiger partial charge in [-0.1, -0.05) is 25.0 Å². The maximum atomic E-state index is 11.3. The average molecular weight is 260 g/mol. The monoisotopic (exact) mass is 260 g/mol. The second kappa shape index (κ2) is 7.29. The van der Waals surface area contributed by atoms with Crippen LogP contribution >= 0.6 is 0 Å². The van der Waals surface area contributed by atoms with Crippen LogP contribution in [0.5, 0.6) is 0 Å². The summed E-state index contributed by atoms with van der Waals surface area (Å²) in [7, 11) is 0. The maximum absolute atomic E-state index is 11.3. The van der Waals surface area contributed by atoms with E-state index in [0.29, 0.717) is 0 Å². The van der Waals surface area contributed by atoms with Crippen molar-refractivity contribution in [2.24, 2.45) is 0 Å². The van der Waals surface area contributed by atoms with Crippen molar-refractivity contribution in [3.05, 3.63) is 29.8 Å². The highest BCUT2D eigenvalue weighted by atomic mass is 16.1. The molecular weight excluding hydrogens is 236 g/mol. The zero-order valence-electron chi connectivity index (χ0n) is 11.8. The molecule has 0 unspecified atom stereocenters. The predicted octanol–water partition coefficient (Wildman–Crippen LogP) is 3.18. The molecule has 0 aliphatic carbocycles. The van der Waals surface area contributed by atoms with Crippen LogP contribution in [0, 0.1) is 0 Å². The van der Waals surface area contributed by atoms with Gasteiger partial charge in [0.25, 0.3) is 0 Å². The van der Waals surface area contributed by atoms with Gasteiger partial charge in [-0.2, -0.15) is 0 Å². The van der Waals surface area contributed by atoms with Gasteiger partial charge in [0, 0.05) is 24.3 Å². The molecule has 3 nitrogen and oxygen atoms in total. The van der Waals surface area contributed by atoms with Crippen molar-refractivity contribution in [3.63, 3.8) is 0 Å². The second-order valence-corrected chi connectivity index (χ2v) is 5.32. The zero-order valence-corrected chi connectivity index (χ0v) is 11.8. The fourth-order valence-electron chi connectivity index (χ4n) is 2.57. The molecule has 1 aliphatic rings. The molecule has 0 amide bonds. The first-order valence-electron chi connectivity index (χ1n) is 7.33. The lowest BCUT2D eigenvalue weighted by molar-refractivity contribution is 0.101. The molecule has 0 radical (unpaired) electrons. The molecule has 0 atom stereocenters. The molecule has 0 spiro atoms. The summed E-state index contributed by atoms with van der Waals surface area (Å²) >= 11 is 0. The van der Waals surface area contributed by atoms with E-state index in [9.17, 15) is 4.79 Å². The molecule has 0 bridgehead atoms. The van der Waals surface area contributed by atoms with Crippen LogP contribution in [0.25, 0.3) is 0 Å². The third-order valence-electron chi connectivity index (χ3n) is 3.72. The van der Waals surface area contributed by atoms with Crippen molar-refractivity contribution in [2.75, 3.05) is 31.5 Å². The van der Waals surface area contributed by atoms with Crippen LogP contribution in [-0.4, -0.2) is 36.9 Å². The van der Waals surface area contributed by atoms with Gasteiger partial charge in [-0.25, -0.2) is 0 Å². The Bertz CT molecular complexity index is 409. The predicted molar refractivity (Wildman–Crippen MR) is 79.8 cm³/mol. The molecule has 1 aromatic rings. The summed E-state index contributed by atoms with van der Waals surface area (Å²) in [5, 5.41) is 3.41. The Hall–Kier alpha value is -1.35. The average Bonchev–Trinajstić information content (AvgIpc) is 2.68. The lowest BCUT2D eigenvalue weighted by Gasteiger charge is -2.20. The molecule has 1 aliphatic heterocycles. The van der Waals surface area contributed by atoms with E-state index in [-0.39, 0.29) is 5.78 Å². The van der Waals surface area contributed by atoms with Crippen molar-refractivity contribution in [2.45, 2.75) is 32.6 Å². The summed E-state index contributed by atoms with van der Waals surface area (Å²) < 4.78 is 0. The van der Waals surface area contributed by atoms with Crippen LogP contribution in [-0.2, 0) is 0 Å². The Morgan fingerprint density at radius 2 is 1.95 bits per heavy atom. The van der Waals surface area contributed by atoms with Crippen LogP contribution < -0.4 is 5.32 Å². The minimum absolute atomic E-state index is 0.121. The van der Waals surface area contributed by atoms with Crippen molar-refractivity contribution in [1.29, 1.82) is 0 Å². The van der Waals surface area contributed by atoms with Gasteiger partial charge >= 0.3 is 0 Å². The molecule has 0 aromatic heterocycles. The molecule has 1 fully saturated rings. The first kappa shape index (κ1) is 14.1. The van der Waals surface area contributed by atoms with E-state index in [1.54, 1.807) is 6.92 Å². The quantitative estimate of drug-likeness (QED) is 0.825. The van der Waals surface area contributed by atoms with Crippen molar-refractivity contribution in [1.82, 2.24) is 4.90 Å². The number of likely N-dealkylation sites (tertiary alicyclic amines) is 1. The number of hydrogen-bond acceptors (Lipinski definition) is 3. The van der Waals surface area contributed by atoms with E-state index >= 15 is 0 Å². The first-order chi connectivity index (χ1) is 9.25. The maximum Gasteiger partial charge on any atom is 0.159 e. The molecule has 1 N–H and O–H groups in total. The number of rotatable bonds is 5. The highest BCUT2D eigenvalue weighted by molar-refractivity contribution is 5.94. The number of hydrogen-bond donors (Lipinski definition) is 1. The molecule has 3 heteroatoms. The number of carbonyl (C=O) groups is 1. The van der Waals surface area contributed by atoms with Gasteiger partial charge in [-0.3, -0.25) is 4.79 Å². The standard InChI is InChI=1S/C16H24N2O/c1-14(19)15-7-6-8-16(13-15)17-9-12-18-10-4-2-3-5-11-18/h6-8,13,17H,2-5,9-12H2,1H3. The highest BCUT2D eigenvalue weighted by Gasteiger charge is 2.08. The van der Waals surface area contributed by atoms with E-state index in [1.807, 2.05) is 24.3 Å². The number of nitrogens with zero attached hydrogens (tertiary/aromatic N) is 1. The molecule has 104 valence electrons. The van der Waals surface area contributed by atoms with E-state index in [4.69, 9.17) is 0 Å². The normalized spacial score (nSPS) is 16.9. The van der Waals surface area contributed by atoms with E-state index in [2.05, 4.69) is 10.2 Å². The zero-order chi connectivity index (χ0) is 13.5. The lowest BCUT2D eigenvalue weighted by atomic mass is 10.1. The molecule has 1 heterocycles. The minimum atomic E-state index is 0.121. The van der Waals surface area contributed by atoms with Crippen LogP contribution in [0.15, 0.2) is 24.3 Å². The van der Waals surface area contributed by atoms with Gasteiger partial charge in [-0.15, -0.1) is 0 Å². The van der Waals surface area contributed by atoms with Crippen LogP contribution in [0.4, 0.5) is 5.69 Å². The third-order valence-corrected chi connectivity index (χ3v) is 3.72. The van der Waals surface area contributed by atoms with Gasteiger partial charge < -0.3 is 10.2 Å². The molecular formula is C16H24N2O. The van der Waals surface area contributed by atoms with Crippen molar-refractivity contribution in [3.8, 4) is 0 Å². The van der Waals surface area contributed by atoms with Crippen LogP contribution in [0.3, 0.4) is 0 Å². The highest BCUT2D eigenvalue weighted by Crippen LogP contribution is 2.12. The number of benzene rings is 1. The van der Waals surface area contributed by atoms with E-state index < -0.39 is 0 Å². The third kappa shape index (κ3) is 4.67. The first-order valence-corrected chi connectivity index (χ1v) is 7.33. The Morgan fingerprint density at radius 3 is 2.63 bits per heavy atom. The molecule has 2 rings (SSSR count). The SMILES string of the molecule is CC(=O)c1cccc(NCCN2CCCCCC2)c1. The van der Waals surface area contributed by atoms with Gasteiger partial charge in [0.15, 0.2) is 5.78 Å². The Morgan fingerprint density at radius 1 is 1.21 bits per heavy atom. The van der Waals surface area contributed by atoms with Gasteiger partial charge in [0.05, 0.1) is 0 Å². The minimum Gasteiger partial charge on any atom is -0.384 e. The van der Waals surface area contributed by atoms with Gasteiger partial charge in [0.1, 0.15) is 0 Å². The lowest BCUT2D eigenvalue weighted by Crippen LogP contribution is -2.29. The summed E-state index contributed by atoms with van der Waals surface area (Å²) in [6, 6.07) is 7.76. The van der Waals surface area contributed by atoms with E-state index in [0.717, 1.165) is 24.3 Å². The number of anilines is 1. The summed E-state index contributed by atoms with van der Waals surface area (Å²) in [6.07, 6.45) is 5.43. The fourth-order valence-corrected chi connectivity index (χ4v) is 2.57.